The van der Waals surface area contributed by atoms with Gasteiger partial charge in [-0.05, 0) is 37.1 Å². The summed E-state index contributed by atoms with van der Waals surface area (Å²) in [6, 6.07) is 9.61. The van der Waals surface area contributed by atoms with E-state index >= 15 is 0 Å². The van der Waals surface area contributed by atoms with Gasteiger partial charge in [-0.15, -0.1) is 0 Å². The van der Waals surface area contributed by atoms with Crippen molar-refractivity contribution in [2.45, 2.75) is 24.3 Å². The Morgan fingerprint density at radius 3 is 2.47 bits per heavy atom. The molecule has 2 aromatic rings. The third kappa shape index (κ3) is 4.62. The van der Waals surface area contributed by atoms with E-state index in [0.717, 1.165) is 12.1 Å². The Balaban J connectivity index is 1.66. The van der Waals surface area contributed by atoms with E-state index in [0.29, 0.717) is 18.4 Å². The Morgan fingerprint density at radius 2 is 1.83 bits per heavy atom. The zero-order valence-corrected chi connectivity index (χ0v) is 17.7. The van der Waals surface area contributed by atoms with Crippen molar-refractivity contribution in [3.63, 3.8) is 0 Å². The van der Waals surface area contributed by atoms with Crippen LogP contribution in [0.5, 0.6) is 5.75 Å². The van der Waals surface area contributed by atoms with Gasteiger partial charge in [0.2, 0.25) is 15.9 Å². The monoisotopic (exact) mass is 438 g/mol. The average molecular weight is 438 g/mol. The summed E-state index contributed by atoms with van der Waals surface area (Å²) in [5.74, 6) is -1.49. The lowest BCUT2D eigenvalue weighted by atomic mass is 9.96. The fourth-order valence-corrected chi connectivity index (χ4v) is 5.24. The number of hydrogen-bond donors (Lipinski definition) is 0. The molecule has 3 rings (SSSR count). The molecule has 2 aromatic carbocycles. The summed E-state index contributed by atoms with van der Waals surface area (Å²) in [4.78, 5) is 14.0. The third-order valence-corrected chi connectivity index (χ3v) is 7.21. The van der Waals surface area contributed by atoms with Crippen LogP contribution in [0.1, 0.15) is 18.4 Å². The van der Waals surface area contributed by atoms with Crippen LogP contribution in [0.3, 0.4) is 0 Å². The van der Waals surface area contributed by atoms with Crippen molar-refractivity contribution in [1.29, 1.82) is 0 Å². The smallest absolute Gasteiger partial charge is 0.246 e. The number of methoxy groups -OCH3 is 1. The van der Waals surface area contributed by atoms with E-state index in [2.05, 4.69) is 0 Å². The molecule has 0 unspecified atom stereocenters. The fraction of sp³-hybridized carbons (Fsp3) is 0.381. The van der Waals surface area contributed by atoms with Gasteiger partial charge in [0.25, 0.3) is 0 Å². The Bertz CT molecular complexity index is 1020. The van der Waals surface area contributed by atoms with Gasteiger partial charge >= 0.3 is 0 Å². The van der Waals surface area contributed by atoms with Crippen LogP contribution in [0.4, 0.5) is 8.78 Å². The zero-order chi connectivity index (χ0) is 21.9. The SMILES string of the molecule is COc1ccc(F)cc1S(=O)(=O)N1CCC(C(=O)N(C)Cc2ccccc2F)CC1. The molecular weight excluding hydrogens is 414 g/mol. The normalized spacial score (nSPS) is 15.7. The maximum atomic E-state index is 13.8. The van der Waals surface area contributed by atoms with Crippen molar-refractivity contribution in [1.82, 2.24) is 9.21 Å². The Morgan fingerprint density at radius 1 is 1.17 bits per heavy atom. The Hall–Kier alpha value is -2.52. The van der Waals surface area contributed by atoms with Gasteiger partial charge in [-0.2, -0.15) is 4.31 Å². The molecule has 0 spiro atoms. The van der Waals surface area contributed by atoms with Crippen LogP contribution in [0, 0.1) is 17.6 Å². The molecule has 6 nitrogen and oxygen atoms in total. The molecule has 0 aliphatic carbocycles. The first kappa shape index (κ1) is 22.2. The number of carbonyl (C=O) groups is 1. The van der Waals surface area contributed by atoms with Gasteiger partial charge in [0, 0.05) is 38.2 Å². The van der Waals surface area contributed by atoms with Crippen molar-refractivity contribution in [3.8, 4) is 5.75 Å². The van der Waals surface area contributed by atoms with Gasteiger partial charge in [0.1, 0.15) is 22.3 Å². The minimum Gasteiger partial charge on any atom is -0.495 e. The number of ether oxygens (including phenoxy) is 1. The second-order valence-electron chi connectivity index (χ2n) is 7.26. The first-order valence-corrected chi connectivity index (χ1v) is 11.0. The largest absolute Gasteiger partial charge is 0.495 e. The number of hydrogen-bond acceptors (Lipinski definition) is 4. The molecule has 9 heteroatoms. The second kappa shape index (κ2) is 9.09. The maximum absolute atomic E-state index is 13.8. The molecule has 1 heterocycles. The van der Waals surface area contributed by atoms with Crippen LogP contribution < -0.4 is 4.74 Å². The van der Waals surface area contributed by atoms with Crippen LogP contribution in [0.25, 0.3) is 0 Å². The molecule has 1 fully saturated rings. The minimum absolute atomic E-state index is 0.0687. The van der Waals surface area contributed by atoms with E-state index in [1.54, 1.807) is 25.2 Å². The second-order valence-corrected chi connectivity index (χ2v) is 9.17. The summed E-state index contributed by atoms with van der Waals surface area (Å²) in [7, 11) is -1.03. The highest BCUT2D eigenvalue weighted by atomic mass is 32.2. The first-order valence-electron chi connectivity index (χ1n) is 9.56. The summed E-state index contributed by atoms with van der Waals surface area (Å²) < 4.78 is 59.7. The first-order chi connectivity index (χ1) is 14.2. The average Bonchev–Trinajstić information content (AvgIpc) is 2.74. The van der Waals surface area contributed by atoms with Crippen LogP contribution >= 0.6 is 0 Å². The van der Waals surface area contributed by atoms with Crippen LogP contribution in [0.2, 0.25) is 0 Å². The third-order valence-electron chi connectivity index (χ3n) is 5.29. The van der Waals surface area contributed by atoms with Crippen LogP contribution in [0.15, 0.2) is 47.4 Å². The van der Waals surface area contributed by atoms with Crippen molar-refractivity contribution in [2.75, 3.05) is 27.2 Å². The molecule has 1 amide bonds. The van der Waals surface area contributed by atoms with E-state index in [9.17, 15) is 22.0 Å². The number of rotatable bonds is 6. The van der Waals surface area contributed by atoms with E-state index in [1.807, 2.05) is 0 Å². The number of sulfonamides is 1. The molecule has 0 saturated carbocycles. The Labute approximate surface area is 175 Å². The van der Waals surface area contributed by atoms with Crippen molar-refractivity contribution in [2.24, 2.45) is 5.92 Å². The number of piperidine rings is 1. The number of benzene rings is 2. The van der Waals surface area contributed by atoms with E-state index in [-0.39, 0.29) is 47.9 Å². The molecule has 1 saturated heterocycles. The molecule has 30 heavy (non-hydrogen) atoms. The van der Waals surface area contributed by atoms with Gasteiger partial charge in [-0.25, -0.2) is 17.2 Å². The molecule has 0 radical (unpaired) electrons. The van der Waals surface area contributed by atoms with E-state index in [1.165, 1.54) is 28.4 Å². The highest BCUT2D eigenvalue weighted by Crippen LogP contribution is 2.30. The molecule has 0 N–H and O–H groups in total. The predicted octanol–water partition coefficient (Wildman–Crippen LogP) is 3.03. The summed E-state index contributed by atoms with van der Waals surface area (Å²) in [5.41, 5.74) is 0.423. The topological polar surface area (TPSA) is 66.9 Å². The van der Waals surface area contributed by atoms with Crippen LogP contribution in [-0.2, 0) is 21.4 Å². The molecule has 0 bridgehead atoms. The zero-order valence-electron chi connectivity index (χ0n) is 16.8. The van der Waals surface area contributed by atoms with Crippen molar-refractivity contribution >= 4 is 15.9 Å². The molecular formula is C21H24F2N2O4S. The highest BCUT2D eigenvalue weighted by Gasteiger charge is 2.34. The Kier molecular flexibility index (Phi) is 6.72. The summed E-state index contributed by atoms with van der Waals surface area (Å²) in [5, 5.41) is 0. The van der Waals surface area contributed by atoms with Gasteiger partial charge < -0.3 is 9.64 Å². The quantitative estimate of drug-likeness (QED) is 0.695. The van der Waals surface area contributed by atoms with Gasteiger partial charge in [-0.3, -0.25) is 4.79 Å². The lowest BCUT2D eigenvalue weighted by Gasteiger charge is -2.32. The number of carbonyl (C=O) groups excluding carboxylic acids is 1. The van der Waals surface area contributed by atoms with Gasteiger partial charge in [0.15, 0.2) is 0 Å². The lowest BCUT2D eigenvalue weighted by molar-refractivity contribution is -0.136. The van der Waals surface area contributed by atoms with E-state index in [4.69, 9.17) is 4.74 Å². The number of amides is 1. The number of halogens is 2. The molecule has 1 aliphatic rings. The van der Waals surface area contributed by atoms with Crippen molar-refractivity contribution in [3.05, 3.63) is 59.7 Å². The molecule has 162 valence electrons. The summed E-state index contributed by atoms with van der Waals surface area (Å²) in [6.07, 6.45) is 0.661. The summed E-state index contributed by atoms with van der Waals surface area (Å²) in [6.45, 7) is 0.405. The molecule has 0 aromatic heterocycles. The minimum atomic E-state index is -3.96. The van der Waals surface area contributed by atoms with Crippen molar-refractivity contribution < 1.29 is 26.7 Å². The predicted molar refractivity (Wildman–Crippen MR) is 107 cm³/mol. The molecule has 0 atom stereocenters. The standard InChI is InChI=1S/C21H24F2N2O4S/c1-24(14-16-5-3-4-6-18(16)23)21(26)15-9-11-25(12-10-15)30(27,28)20-13-17(22)7-8-19(20)29-2/h3-8,13,15H,9-12,14H2,1-2H3. The fourth-order valence-electron chi connectivity index (χ4n) is 3.61. The maximum Gasteiger partial charge on any atom is 0.246 e. The van der Waals surface area contributed by atoms with Gasteiger partial charge in [-0.1, -0.05) is 18.2 Å². The number of nitrogens with zero attached hydrogens (tertiary/aromatic N) is 2. The molecule has 1 aliphatic heterocycles. The van der Waals surface area contributed by atoms with Gasteiger partial charge in [0.05, 0.1) is 7.11 Å². The van der Waals surface area contributed by atoms with Crippen LogP contribution in [-0.4, -0.2) is 50.8 Å². The van der Waals surface area contributed by atoms with E-state index < -0.39 is 15.8 Å². The highest BCUT2D eigenvalue weighted by molar-refractivity contribution is 7.89. The lowest BCUT2D eigenvalue weighted by Crippen LogP contribution is -2.43. The summed E-state index contributed by atoms with van der Waals surface area (Å²) >= 11 is 0.